The average Bonchev–Trinajstić information content (AvgIpc) is 2.24. The van der Waals surface area contributed by atoms with Crippen LogP contribution in [-0.4, -0.2) is 40.4 Å². The van der Waals surface area contributed by atoms with E-state index in [1.807, 2.05) is 0 Å². The summed E-state index contributed by atoms with van der Waals surface area (Å²) in [6.07, 6.45) is 2.69. The van der Waals surface area contributed by atoms with Crippen molar-refractivity contribution in [3.63, 3.8) is 0 Å². The van der Waals surface area contributed by atoms with Crippen LogP contribution in [0.4, 0.5) is 5.82 Å². The molecule has 0 aliphatic heterocycles. The molecule has 0 radical (unpaired) electrons. The van der Waals surface area contributed by atoms with Crippen LogP contribution in [-0.2, 0) is 19.9 Å². The Morgan fingerprint density at radius 1 is 1.33 bits per heavy atom. The first kappa shape index (κ1) is 14.9. The van der Waals surface area contributed by atoms with E-state index in [4.69, 9.17) is 5.73 Å². The summed E-state index contributed by atoms with van der Waals surface area (Å²) in [6.45, 7) is 0.0315. The summed E-state index contributed by atoms with van der Waals surface area (Å²) in [4.78, 5) is 3.57. The van der Waals surface area contributed by atoms with Gasteiger partial charge >= 0.3 is 0 Å². The predicted molar refractivity (Wildman–Crippen MR) is 68.2 cm³/mol. The molecule has 18 heavy (non-hydrogen) atoms. The Hall–Kier alpha value is -1.19. The minimum Gasteiger partial charge on any atom is -0.383 e. The summed E-state index contributed by atoms with van der Waals surface area (Å²) in [5.41, 5.74) is 5.45. The van der Waals surface area contributed by atoms with Crippen LogP contribution >= 0.6 is 0 Å². The molecule has 7 nitrogen and oxygen atoms in total. The molecule has 0 amide bonds. The van der Waals surface area contributed by atoms with Gasteiger partial charge in [-0.3, -0.25) is 0 Å². The summed E-state index contributed by atoms with van der Waals surface area (Å²) in [6, 6.07) is 2.79. The molecule has 0 spiro atoms. The summed E-state index contributed by atoms with van der Waals surface area (Å²) < 4.78 is 47.6. The van der Waals surface area contributed by atoms with Gasteiger partial charge < -0.3 is 5.73 Å². The molecule has 1 rings (SSSR count). The van der Waals surface area contributed by atoms with Crippen molar-refractivity contribution in [3.8, 4) is 0 Å². The standard InChI is InChI=1S/C9H15N3O4S2/c1-17(13,14)7-3-6-12-18(15,16)8-4-2-5-11-9(8)10/h2,4-5,12H,3,6-7H2,1H3,(H2,10,11). The zero-order valence-electron chi connectivity index (χ0n) is 9.83. The van der Waals surface area contributed by atoms with E-state index in [1.165, 1.54) is 18.3 Å². The van der Waals surface area contributed by atoms with Gasteiger partial charge in [-0.25, -0.2) is 26.5 Å². The smallest absolute Gasteiger partial charge is 0.244 e. The van der Waals surface area contributed by atoms with Gasteiger partial charge in [-0.2, -0.15) is 0 Å². The third kappa shape index (κ3) is 4.59. The molecule has 0 bridgehead atoms. The van der Waals surface area contributed by atoms with Gasteiger partial charge in [0.2, 0.25) is 10.0 Å². The highest BCUT2D eigenvalue weighted by molar-refractivity contribution is 7.90. The molecule has 102 valence electrons. The van der Waals surface area contributed by atoms with Crippen LogP contribution in [0.5, 0.6) is 0 Å². The third-order valence-electron chi connectivity index (χ3n) is 2.07. The number of aromatic nitrogens is 1. The lowest BCUT2D eigenvalue weighted by molar-refractivity contribution is 0.577. The molecule has 0 saturated heterocycles. The number of nitrogens with two attached hydrogens (primary N) is 1. The lowest BCUT2D eigenvalue weighted by Gasteiger charge is -2.07. The number of hydrogen-bond acceptors (Lipinski definition) is 6. The van der Waals surface area contributed by atoms with Crippen LogP contribution in [0.2, 0.25) is 0 Å². The van der Waals surface area contributed by atoms with E-state index in [-0.39, 0.29) is 29.4 Å². The molecule has 1 aromatic rings. The SMILES string of the molecule is CS(=O)(=O)CCCNS(=O)(=O)c1cccnc1N. The average molecular weight is 293 g/mol. The summed E-state index contributed by atoms with van der Waals surface area (Å²) >= 11 is 0. The van der Waals surface area contributed by atoms with Gasteiger partial charge in [0, 0.05) is 19.0 Å². The van der Waals surface area contributed by atoms with Gasteiger partial charge in [-0.1, -0.05) is 0 Å². The Labute approximate surface area is 106 Å². The molecular formula is C9H15N3O4S2. The molecular weight excluding hydrogens is 278 g/mol. The summed E-state index contributed by atoms with van der Waals surface area (Å²) in [5, 5.41) is 0. The van der Waals surface area contributed by atoms with Crippen molar-refractivity contribution in [1.29, 1.82) is 0 Å². The van der Waals surface area contributed by atoms with Crippen molar-refractivity contribution in [2.45, 2.75) is 11.3 Å². The zero-order valence-corrected chi connectivity index (χ0v) is 11.5. The second-order valence-electron chi connectivity index (χ2n) is 3.77. The Morgan fingerprint density at radius 3 is 2.56 bits per heavy atom. The van der Waals surface area contributed by atoms with E-state index in [0.29, 0.717) is 0 Å². The Morgan fingerprint density at radius 2 is 2.00 bits per heavy atom. The first-order valence-corrected chi connectivity index (χ1v) is 8.64. The molecule has 0 aromatic carbocycles. The fourth-order valence-corrected chi connectivity index (χ4v) is 3.07. The number of nitrogens with zero attached hydrogens (tertiary/aromatic N) is 1. The highest BCUT2D eigenvalue weighted by Crippen LogP contribution is 2.13. The second kappa shape index (κ2) is 5.63. The van der Waals surface area contributed by atoms with Gasteiger partial charge in [0.25, 0.3) is 0 Å². The first-order chi connectivity index (χ1) is 8.22. The number of nitrogens with one attached hydrogen (secondary N) is 1. The Balaban J connectivity index is 2.65. The number of sulfone groups is 1. The largest absolute Gasteiger partial charge is 0.383 e. The van der Waals surface area contributed by atoms with E-state index in [2.05, 4.69) is 9.71 Å². The molecule has 9 heteroatoms. The number of nitrogen functional groups attached to an aromatic ring is 1. The molecule has 0 atom stereocenters. The van der Waals surface area contributed by atoms with Gasteiger partial charge in [0.05, 0.1) is 5.75 Å². The van der Waals surface area contributed by atoms with Crippen molar-refractivity contribution in [3.05, 3.63) is 18.3 Å². The molecule has 0 aliphatic rings. The highest BCUT2D eigenvalue weighted by Gasteiger charge is 2.17. The molecule has 0 fully saturated rings. The first-order valence-electron chi connectivity index (χ1n) is 5.10. The van der Waals surface area contributed by atoms with Crippen LogP contribution < -0.4 is 10.5 Å². The van der Waals surface area contributed by atoms with Crippen molar-refractivity contribution in [1.82, 2.24) is 9.71 Å². The van der Waals surface area contributed by atoms with E-state index in [1.54, 1.807) is 0 Å². The Bertz CT molecular complexity index is 610. The predicted octanol–water partition coefficient (Wildman–Crippen LogP) is -0.623. The minimum absolute atomic E-state index is 0.0315. The van der Waals surface area contributed by atoms with Gasteiger partial charge in [0.1, 0.15) is 20.6 Å². The molecule has 0 saturated carbocycles. The normalized spacial score (nSPS) is 12.5. The van der Waals surface area contributed by atoms with Crippen LogP contribution in [0.25, 0.3) is 0 Å². The van der Waals surface area contributed by atoms with Gasteiger partial charge in [-0.15, -0.1) is 0 Å². The number of hydrogen-bond donors (Lipinski definition) is 2. The molecule has 1 aromatic heterocycles. The van der Waals surface area contributed by atoms with Crippen molar-refractivity contribution < 1.29 is 16.8 Å². The zero-order chi connectivity index (χ0) is 13.8. The lowest BCUT2D eigenvalue weighted by Crippen LogP contribution is -2.27. The van der Waals surface area contributed by atoms with E-state index in [9.17, 15) is 16.8 Å². The number of sulfonamides is 1. The van der Waals surface area contributed by atoms with E-state index < -0.39 is 19.9 Å². The highest BCUT2D eigenvalue weighted by atomic mass is 32.2. The van der Waals surface area contributed by atoms with Crippen molar-refractivity contribution >= 4 is 25.7 Å². The number of rotatable bonds is 6. The van der Waals surface area contributed by atoms with Crippen LogP contribution in [0, 0.1) is 0 Å². The Kier molecular flexibility index (Phi) is 4.65. The van der Waals surface area contributed by atoms with Crippen LogP contribution in [0.1, 0.15) is 6.42 Å². The summed E-state index contributed by atoms with van der Waals surface area (Å²) in [7, 11) is -6.83. The number of anilines is 1. The maximum absolute atomic E-state index is 11.8. The van der Waals surface area contributed by atoms with Crippen molar-refractivity contribution in [2.24, 2.45) is 0 Å². The van der Waals surface area contributed by atoms with Gasteiger partial charge in [0.15, 0.2) is 0 Å². The van der Waals surface area contributed by atoms with E-state index >= 15 is 0 Å². The van der Waals surface area contributed by atoms with Gasteiger partial charge in [-0.05, 0) is 18.6 Å². The fraction of sp³-hybridized carbons (Fsp3) is 0.444. The minimum atomic E-state index is -3.74. The van der Waals surface area contributed by atoms with E-state index in [0.717, 1.165) is 6.26 Å². The fourth-order valence-electron chi connectivity index (χ4n) is 1.25. The lowest BCUT2D eigenvalue weighted by atomic mass is 10.5. The van der Waals surface area contributed by atoms with Crippen molar-refractivity contribution in [2.75, 3.05) is 24.3 Å². The number of pyridine rings is 1. The molecule has 3 N–H and O–H groups in total. The van der Waals surface area contributed by atoms with Crippen LogP contribution in [0.15, 0.2) is 23.2 Å². The molecule has 0 aliphatic carbocycles. The monoisotopic (exact) mass is 293 g/mol. The van der Waals surface area contributed by atoms with Crippen LogP contribution in [0.3, 0.4) is 0 Å². The quantitative estimate of drug-likeness (QED) is 0.674. The molecule has 1 heterocycles. The summed E-state index contributed by atoms with van der Waals surface area (Å²) in [5.74, 6) is -0.161. The maximum Gasteiger partial charge on any atom is 0.244 e. The topological polar surface area (TPSA) is 119 Å². The molecule has 0 unspecified atom stereocenters. The third-order valence-corrected chi connectivity index (χ3v) is 4.61. The maximum atomic E-state index is 11.8. The second-order valence-corrected chi connectivity index (χ2v) is 7.76.